The van der Waals surface area contributed by atoms with Crippen LogP contribution in [0.4, 0.5) is 0 Å². The van der Waals surface area contributed by atoms with E-state index in [0.717, 1.165) is 33.6 Å². The number of hydrogen-bond acceptors (Lipinski definition) is 4. The molecule has 6 aromatic carbocycles. The highest BCUT2D eigenvalue weighted by molar-refractivity contribution is 6.54. The van der Waals surface area contributed by atoms with Crippen LogP contribution in [0.2, 0.25) is 20.1 Å². The van der Waals surface area contributed by atoms with Crippen molar-refractivity contribution in [3.63, 3.8) is 0 Å². The number of rotatable bonds is 7. The first-order chi connectivity index (χ1) is 26.9. The van der Waals surface area contributed by atoms with Gasteiger partial charge in [-0.25, -0.2) is 20.0 Å². The molecule has 1 N–H and O–H groups in total. The molecular weight excluding hydrogens is 766 g/mol. The van der Waals surface area contributed by atoms with E-state index >= 15 is 0 Å². The van der Waals surface area contributed by atoms with Crippen LogP contribution in [-0.2, 0) is 5.79 Å². The quantitative estimate of drug-likeness (QED) is 0.174. The Morgan fingerprint density at radius 2 is 1.04 bits per heavy atom. The van der Waals surface area contributed by atoms with Crippen molar-refractivity contribution in [2.75, 3.05) is 0 Å². The molecule has 0 spiro atoms. The van der Waals surface area contributed by atoms with Gasteiger partial charge >= 0.3 is 0 Å². The van der Waals surface area contributed by atoms with Gasteiger partial charge < -0.3 is 4.98 Å². The van der Waals surface area contributed by atoms with E-state index in [1.165, 1.54) is 0 Å². The van der Waals surface area contributed by atoms with Crippen molar-refractivity contribution < 1.29 is 0 Å². The Morgan fingerprint density at radius 3 is 1.51 bits per heavy atom. The van der Waals surface area contributed by atoms with Gasteiger partial charge in [0.05, 0.1) is 39.2 Å². The standard InChI is InChI=1S/C42H26Cl4N4.C3H4N2/c43-31-21-23-33(35(45)25-31)41-47-39(29-17-9-3-10-18-29)40(30-19-11-4-12-20-30)50(41)42(34-24-22-32(44)26-36(34)46)48-37(27-13-5-1-6-14-27)38(49-42)28-15-7-2-8-16-28;1-2-5-3-4-1/h1-26H;1-3H,(H,4,5). The predicted molar refractivity (Wildman–Crippen MR) is 227 cm³/mol. The molecule has 0 saturated heterocycles. The summed E-state index contributed by atoms with van der Waals surface area (Å²) in [5.41, 5.74) is 7.78. The summed E-state index contributed by atoms with van der Waals surface area (Å²) < 4.78 is 2.06. The maximum atomic E-state index is 7.21. The second kappa shape index (κ2) is 15.9. The first-order valence-corrected chi connectivity index (χ1v) is 18.8. The summed E-state index contributed by atoms with van der Waals surface area (Å²) in [6, 6.07) is 51.1. The summed E-state index contributed by atoms with van der Waals surface area (Å²) in [5.74, 6) is -0.980. The van der Waals surface area contributed by atoms with Crippen molar-refractivity contribution in [2.45, 2.75) is 5.79 Å². The summed E-state index contributed by atoms with van der Waals surface area (Å²) >= 11 is 27.2. The molecule has 0 unspecified atom stereocenters. The van der Waals surface area contributed by atoms with E-state index in [4.69, 9.17) is 61.4 Å². The Hall–Kier alpha value is -5.76. The van der Waals surface area contributed by atoms with E-state index in [0.29, 0.717) is 48.5 Å². The largest absolute Gasteiger partial charge is 0.351 e. The van der Waals surface area contributed by atoms with Crippen LogP contribution in [0.1, 0.15) is 16.7 Å². The van der Waals surface area contributed by atoms with E-state index in [-0.39, 0.29) is 0 Å². The summed E-state index contributed by atoms with van der Waals surface area (Å²) in [7, 11) is 0. The molecule has 1 aliphatic rings. The summed E-state index contributed by atoms with van der Waals surface area (Å²) in [4.78, 5) is 23.1. The molecule has 0 radical (unpaired) electrons. The van der Waals surface area contributed by atoms with E-state index < -0.39 is 5.79 Å². The molecule has 2 aromatic heterocycles. The van der Waals surface area contributed by atoms with E-state index in [1.54, 1.807) is 36.9 Å². The number of aromatic amines is 1. The van der Waals surface area contributed by atoms with Crippen LogP contribution in [0.3, 0.4) is 0 Å². The zero-order valence-corrected chi connectivity index (χ0v) is 32.0. The van der Waals surface area contributed by atoms with Crippen molar-refractivity contribution in [3.8, 4) is 33.9 Å². The SMILES string of the molecule is Clc1ccc(-c2nc(-c3ccccc3)c(-c3ccccc3)n2C2(c3ccc(Cl)cc3Cl)N=C(c3ccccc3)C(c3ccccc3)=N2)c(Cl)c1.c1c[nH]cn1. The lowest BCUT2D eigenvalue weighted by molar-refractivity contribution is 0.409. The molecule has 1 aliphatic heterocycles. The molecule has 268 valence electrons. The van der Waals surface area contributed by atoms with Crippen molar-refractivity contribution in [2.24, 2.45) is 9.98 Å². The zero-order valence-electron chi connectivity index (χ0n) is 29.0. The van der Waals surface area contributed by atoms with Crippen LogP contribution in [0.5, 0.6) is 0 Å². The average Bonchev–Trinajstić information content (AvgIpc) is 4.01. The molecule has 8 aromatic rings. The lowest BCUT2D eigenvalue weighted by Gasteiger charge is -2.30. The highest BCUT2D eigenvalue weighted by atomic mass is 35.5. The van der Waals surface area contributed by atoms with Crippen molar-refractivity contribution >= 4 is 57.8 Å². The van der Waals surface area contributed by atoms with Crippen LogP contribution in [-0.4, -0.2) is 30.9 Å². The normalized spacial score (nSPS) is 13.1. The number of nitrogens with zero attached hydrogens (tertiary/aromatic N) is 5. The molecule has 55 heavy (non-hydrogen) atoms. The molecule has 0 saturated carbocycles. The molecule has 10 heteroatoms. The number of H-pyrrole nitrogens is 1. The summed E-state index contributed by atoms with van der Waals surface area (Å²) in [5, 5.41) is 1.83. The maximum Gasteiger partial charge on any atom is 0.263 e. The highest BCUT2D eigenvalue weighted by Crippen LogP contribution is 2.49. The third-order valence-corrected chi connectivity index (χ3v) is 10.1. The van der Waals surface area contributed by atoms with E-state index in [1.807, 2.05) is 127 Å². The average molecular weight is 797 g/mol. The van der Waals surface area contributed by atoms with Gasteiger partial charge in [0.2, 0.25) is 0 Å². The number of imidazole rings is 2. The van der Waals surface area contributed by atoms with Crippen LogP contribution in [0, 0.1) is 0 Å². The fraction of sp³-hybridized carbons (Fsp3) is 0.0222. The van der Waals surface area contributed by atoms with Crippen molar-refractivity contribution in [3.05, 3.63) is 213 Å². The minimum absolute atomic E-state index is 0.397. The number of aliphatic imine (C=N–C) groups is 2. The fourth-order valence-corrected chi connectivity index (χ4v) is 7.62. The molecule has 0 aliphatic carbocycles. The predicted octanol–water partition coefficient (Wildman–Crippen LogP) is 12.6. The maximum absolute atomic E-state index is 7.21. The number of aromatic nitrogens is 4. The van der Waals surface area contributed by atoms with Gasteiger partial charge in [0.15, 0.2) is 0 Å². The van der Waals surface area contributed by atoms with Gasteiger partial charge in [0.1, 0.15) is 5.82 Å². The molecule has 0 fully saturated rings. The van der Waals surface area contributed by atoms with Gasteiger partial charge in [0, 0.05) is 55.8 Å². The summed E-state index contributed by atoms with van der Waals surface area (Å²) in [6.45, 7) is 0. The molecule has 6 nitrogen and oxygen atoms in total. The third kappa shape index (κ3) is 7.25. The molecule has 0 atom stereocenters. The molecule has 3 heterocycles. The minimum Gasteiger partial charge on any atom is -0.351 e. The Labute approximate surface area is 338 Å². The topological polar surface area (TPSA) is 71.2 Å². The smallest absolute Gasteiger partial charge is 0.263 e. The molecule has 9 rings (SSSR count). The number of halogens is 4. The first kappa shape index (κ1) is 36.2. The number of hydrogen-bond donors (Lipinski definition) is 1. The second-order valence-corrected chi connectivity index (χ2v) is 14.2. The fourth-order valence-electron chi connectivity index (χ4n) is 6.59. The number of nitrogens with one attached hydrogen (secondary N) is 1. The number of benzene rings is 6. The highest BCUT2D eigenvalue weighted by Gasteiger charge is 2.46. The van der Waals surface area contributed by atoms with Crippen molar-refractivity contribution in [1.82, 2.24) is 19.5 Å². The van der Waals surface area contributed by atoms with Gasteiger partial charge in [-0.2, -0.15) is 0 Å². The van der Waals surface area contributed by atoms with E-state index in [2.05, 4.69) is 26.7 Å². The Balaban J connectivity index is 0.000000792. The monoisotopic (exact) mass is 794 g/mol. The lowest BCUT2D eigenvalue weighted by Crippen LogP contribution is -2.32. The van der Waals surface area contributed by atoms with Crippen LogP contribution < -0.4 is 0 Å². The third-order valence-electron chi connectivity index (χ3n) is 9.01. The van der Waals surface area contributed by atoms with Crippen LogP contribution >= 0.6 is 46.4 Å². The Kier molecular flexibility index (Phi) is 10.5. The van der Waals surface area contributed by atoms with Crippen molar-refractivity contribution in [1.29, 1.82) is 0 Å². The Bertz CT molecular complexity index is 2550. The Morgan fingerprint density at radius 1 is 0.527 bits per heavy atom. The second-order valence-electron chi connectivity index (χ2n) is 12.5. The first-order valence-electron chi connectivity index (χ1n) is 17.3. The van der Waals surface area contributed by atoms with Gasteiger partial charge in [-0.15, -0.1) is 0 Å². The lowest BCUT2D eigenvalue weighted by atomic mass is 10.0. The van der Waals surface area contributed by atoms with Gasteiger partial charge in [-0.05, 0) is 36.4 Å². The minimum atomic E-state index is -1.51. The summed E-state index contributed by atoms with van der Waals surface area (Å²) in [6.07, 6.45) is 5.08. The molecule has 0 bridgehead atoms. The molecule has 0 amide bonds. The van der Waals surface area contributed by atoms with E-state index in [9.17, 15) is 0 Å². The van der Waals surface area contributed by atoms with Gasteiger partial charge in [0.25, 0.3) is 5.79 Å². The van der Waals surface area contributed by atoms with Crippen LogP contribution in [0.25, 0.3) is 33.9 Å². The molecular formula is C45H30Cl4N6. The van der Waals surface area contributed by atoms with Gasteiger partial charge in [-0.3, -0.25) is 4.57 Å². The van der Waals surface area contributed by atoms with Gasteiger partial charge in [-0.1, -0.05) is 168 Å². The zero-order chi connectivity index (χ0) is 37.8. The van der Waals surface area contributed by atoms with Crippen LogP contribution in [0.15, 0.2) is 186 Å².